The molecule has 1 aliphatic heterocycles. The van der Waals surface area contributed by atoms with E-state index in [2.05, 4.69) is 15.0 Å². The molecule has 1 aromatic carbocycles. The molecule has 0 radical (unpaired) electrons. The molecule has 5 nitrogen and oxygen atoms in total. The molecule has 0 aliphatic carbocycles. The Balaban J connectivity index is 1.69. The van der Waals surface area contributed by atoms with Crippen molar-refractivity contribution < 1.29 is 4.79 Å². The van der Waals surface area contributed by atoms with Gasteiger partial charge < -0.3 is 4.90 Å². The van der Waals surface area contributed by atoms with Crippen LogP contribution < -0.4 is 4.90 Å². The summed E-state index contributed by atoms with van der Waals surface area (Å²) in [6, 6.07) is 13.5. The number of pyridine rings is 1. The largest absolute Gasteiger partial charge is 0.305 e. The van der Waals surface area contributed by atoms with Crippen molar-refractivity contribution >= 4 is 11.6 Å². The van der Waals surface area contributed by atoms with Gasteiger partial charge in [0.2, 0.25) is 0 Å². The summed E-state index contributed by atoms with van der Waals surface area (Å²) < 4.78 is 0. The number of fused-ring (bicyclic) bond motifs is 1. The van der Waals surface area contributed by atoms with E-state index in [-0.39, 0.29) is 5.91 Å². The molecule has 0 spiro atoms. The van der Waals surface area contributed by atoms with Crippen molar-refractivity contribution in [2.45, 2.75) is 12.8 Å². The van der Waals surface area contributed by atoms with Crippen molar-refractivity contribution in [3.63, 3.8) is 0 Å². The first kappa shape index (κ1) is 14.5. The van der Waals surface area contributed by atoms with Crippen LogP contribution in [0.3, 0.4) is 0 Å². The van der Waals surface area contributed by atoms with E-state index in [1.165, 1.54) is 6.20 Å². The standard InChI is InChI=1S/C19H16N4O/c24-19(23-11-5-8-15-18(23)9-4-10-21-15)17-13-20-12-16(22-17)14-6-2-1-3-7-14/h1-4,6-7,9-10,12-13H,5,8,11H2. The van der Waals surface area contributed by atoms with Crippen molar-refractivity contribution in [3.8, 4) is 11.3 Å². The number of anilines is 1. The van der Waals surface area contributed by atoms with Crippen LogP contribution in [0.1, 0.15) is 22.6 Å². The SMILES string of the molecule is O=C(c1cncc(-c2ccccc2)n1)N1CCCc2ncccc21. The predicted molar refractivity (Wildman–Crippen MR) is 91.7 cm³/mol. The fourth-order valence-electron chi connectivity index (χ4n) is 2.96. The molecule has 24 heavy (non-hydrogen) atoms. The van der Waals surface area contributed by atoms with Gasteiger partial charge in [0.25, 0.3) is 5.91 Å². The van der Waals surface area contributed by atoms with Gasteiger partial charge in [-0.2, -0.15) is 0 Å². The summed E-state index contributed by atoms with van der Waals surface area (Å²) in [4.78, 5) is 27.8. The van der Waals surface area contributed by atoms with Gasteiger partial charge in [0.05, 0.1) is 29.5 Å². The first-order chi connectivity index (χ1) is 11.8. The number of rotatable bonds is 2. The highest BCUT2D eigenvalue weighted by Gasteiger charge is 2.25. The zero-order valence-corrected chi connectivity index (χ0v) is 13.1. The molecule has 0 unspecified atom stereocenters. The lowest BCUT2D eigenvalue weighted by Gasteiger charge is -2.28. The van der Waals surface area contributed by atoms with Crippen LogP contribution in [0, 0.1) is 0 Å². The van der Waals surface area contributed by atoms with Crippen molar-refractivity contribution in [3.05, 3.63) is 72.4 Å². The Morgan fingerprint density at radius 1 is 1.04 bits per heavy atom. The summed E-state index contributed by atoms with van der Waals surface area (Å²) in [6.07, 6.45) is 6.77. The second-order valence-corrected chi connectivity index (χ2v) is 5.69. The molecule has 4 rings (SSSR count). The van der Waals surface area contributed by atoms with Crippen LogP contribution >= 0.6 is 0 Å². The molecule has 0 fully saturated rings. The van der Waals surface area contributed by atoms with Crippen LogP contribution in [0.5, 0.6) is 0 Å². The molecule has 0 saturated carbocycles. The highest BCUT2D eigenvalue weighted by Crippen LogP contribution is 2.26. The lowest BCUT2D eigenvalue weighted by molar-refractivity contribution is 0.0980. The lowest BCUT2D eigenvalue weighted by atomic mass is 10.1. The van der Waals surface area contributed by atoms with E-state index in [4.69, 9.17) is 0 Å². The number of nitrogens with zero attached hydrogens (tertiary/aromatic N) is 4. The molecular formula is C19H16N4O. The van der Waals surface area contributed by atoms with Gasteiger partial charge in [0, 0.05) is 18.3 Å². The molecule has 0 N–H and O–H groups in total. The van der Waals surface area contributed by atoms with E-state index in [1.54, 1.807) is 17.3 Å². The summed E-state index contributed by atoms with van der Waals surface area (Å²) in [5, 5.41) is 0. The smallest absolute Gasteiger partial charge is 0.278 e. The third kappa shape index (κ3) is 2.65. The van der Waals surface area contributed by atoms with Crippen LogP contribution in [0.2, 0.25) is 0 Å². The van der Waals surface area contributed by atoms with Crippen molar-refractivity contribution in [1.29, 1.82) is 0 Å². The Labute approximate surface area is 140 Å². The van der Waals surface area contributed by atoms with Crippen LogP contribution in [0.4, 0.5) is 5.69 Å². The summed E-state index contributed by atoms with van der Waals surface area (Å²) in [5.74, 6) is -0.130. The van der Waals surface area contributed by atoms with E-state index in [9.17, 15) is 4.79 Å². The van der Waals surface area contributed by atoms with E-state index in [0.29, 0.717) is 17.9 Å². The van der Waals surface area contributed by atoms with Gasteiger partial charge in [0.15, 0.2) is 0 Å². The molecule has 0 bridgehead atoms. The Morgan fingerprint density at radius 3 is 2.79 bits per heavy atom. The molecule has 5 heteroatoms. The number of amides is 1. The minimum absolute atomic E-state index is 0.130. The average molecular weight is 316 g/mol. The zero-order valence-electron chi connectivity index (χ0n) is 13.1. The molecule has 2 aromatic heterocycles. The summed E-state index contributed by atoms with van der Waals surface area (Å²) in [5.41, 5.74) is 3.84. The van der Waals surface area contributed by atoms with Gasteiger partial charge >= 0.3 is 0 Å². The monoisotopic (exact) mass is 316 g/mol. The quantitative estimate of drug-likeness (QED) is 0.729. The minimum atomic E-state index is -0.130. The van der Waals surface area contributed by atoms with Gasteiger partial charge in [0.1, 0.15) is 5.69 Å². The van der Waals surface area contributed by atoms with Crippen LogP contribution in [0.15, 0.2) is 61.1 Å². The first-order valence-electron chi connectivity index (χ1n) is 7.96. The Hall–Kier alpha value is -3.08. The minimum Gasteiger partial charge on any atom is -0.305 e. The topological polar surface area (TPSA) is 59.0 Å². The van der Waals surface area contributed by atoms with E-state index < -0.39 is 0 Å². The molecule has 118 valence electrons. The van der Waals surface area contributed by atoms with Gasteiger partial charge in [-0.15, -0.1) is 0 Å². The number of carbonyl (C=O) groups excluding carboxylic acids is 1. The van der Waals surface area contributed by atoms with Gasteiger partial charge in [-0.25, -0.2) is 4.98 Å². The first-order valence-corrected chi connectivity index (χ1v) is 7.96. The van der Waals surface area contributed by atoms with Crippen molar-refractivity contribution in [1.82, 2.24) is 15.0 Å². The second-order valence-electron chi connectivity index (χ2n) is 5.69. The maximum Gasteiger partial charge on any atom is 0.278 e. The average Bonchev–Trinajstić information content (AvgIpc) is 2.68. The lowest BCUT2D eigenvalue weighted by Crippen LogP contribution is -2.36. The van der Waals surface area contributed by atoms with Gasteiger partial charge in [-0.1, -0.05) is 30.3 Å². The molecule has 1 amide bonds. The molecule has 3 aromatic rings. The molecule has 3 heterocycles. The van der Waals surface area contributed by atoms with E-state index >= 15 is 0 Å². The van der Waals surface area contributed by atoms with E-state index in [1.807, 2.05) is 42.5 Å². The highest BCUT2D eigenvalue weighted by molar-refractivity contribution is 6.05. The molecule has 0 saturated heterocycles. The molecular weight excluding hydrogens is 300 g/mol. The van der Waals surface area contributed by atoms with Gasteiger partial charge in [-0.3, -0.25) is 14.8 Å². The Morgan fingerprint density at radius 2 is 1.92 bits per heavy atom. The number of aromatic nitrogens is 3. The Bertz CT molecular complexity index is 879. The maximum atomic E-state index is 12.9. The maximum absolute atomic E-state index is 12.9. The van der Waals surface area contributed by atoms with Crippen LogP contribution in [0.25, 0.3) is 11.3 Å². The van der Waals surface area contributed by atoms with Crippen molar-refractivity contribution in [2.75, 3.05) is 11.4 Å². The number of benzene rings is 1. The summed E-state index contributed by atoms with van der Waals surface area (Å²) in [6.45, 7) is 0.675. The third-order valence-corrected chi connectivity index (χ3v) is 4.12. The number of hydrogen-bond donors (Lipinski definition) is 0. The molecule has 1 aliphatic rings. The number of carbonyl (C=O) groups is 1. The van der Waals surface area contributed by atoms with Crippen LogP contribution in [-0.4, -0.2) is 27.4 Å². The van der Waals surface area contributed by atoms with Crippen molar-refractivity contribution in [2.24, 2.45) is 0 Å². The molecule has 0 atom stereocenters. The normalized spacial score (nSPS) is 13.4. The fourth-order valence-corrected chi connectivity index (χ4v) is 2.96. The summed E-state index contributed by atoms with van der Waals surface area (Å²) >= 11 is 0. The second kappa shape index (κ2) is 6.20. The summed E-state index contributed by atoms with van der Waals surface area (Å²) in [7, 11) is 0. The Kier molecular flexibility index (Phi) is 3.75. The fraction of sp³-hybridized carbons (Fsp3) is 0.158. The number of aryl methyl sites for hydroxylation is 1. The zero-order chi connectivity index (χ0) is 16.4. The van der Waals surface area contributed by atoms with Crippen LogP contribution in [-0.2, 0) is 6.42 Å². The van der Waals surface area contributed by atoms with E-state index in [0.717, 1.165) is 29.8 Å². The highest BCUT2D eigenvalue weighted by atomic mass is 16.2. The third-order valence-electron chi connectivity index (χ3n) is 4.12. The van der Waals surface area contributed by atoms with Gasteiger partial charge in [-0.05, 0) is 25.0 Å². The number of hydrogen-bond acceptors (Lipinski definition) is 4. The predicted octanol–water partition coefficient (Wildman–Crippen LogP) is 3.13.